The lowest BCUT2D eigenvalue weighted by Crippen LogP contribution is -2.29. The van der Waals surface area contributed by atoms with Crippen molar-refractivity contribution >= 4 is 23.1 Å². The molecule has 1 heterocycles. The first kappa shape index (κ1) is 20.5. The minimum Gasteiger partial charge on any atom is -0.507 e. The first-order chi connectivity index (χ1) is 14.9. The van der Waals surface area contributed by atoms with Gasteiger partial charge in [0, 0.05) is 11.3 Å². The zero-order valence-corrected chi connectivity index (χ0v) is 17.2. The minimum atomic E-state index is -0.795. The fraction of sp³-hybridized carbons (Fsp3) is 0.154. The van der Waals surface area contributed by atoms with Crippen LogP contribution in [0, 0.1) is 5.82 Å². The van der Waals surface area contributed by atoms with Gasteiger partial charge in [0.15, 0.2) is 0 Å². The van der Waals surface area contributed by atoms with E-state index in [9.17, 15) is 19.1 Å². The summed E-state index contributed by atoms with van der Waals surface area (Å²) in [5.41, 5.74) is 2.63. The molecule has 31 heavy (non-hydrogen) atoms. The molecule has 1 amide bonds. The lowest BCUT2D eigenvalue weighted by molar-refractivity contribution is -0.132. The quantitative estimate of drug-likeness (QED) is 0.344. The number of amides is 1. The van der Waals surface area contributed by atoms with Crippen LogP contribution in [-0.2, 0) is 9.59 Å². The summed E-state index contributed by atoms with van der Waals surface area (Å²) >= 11 is 0. The highest BCUT2D eigenvalue weighted by Gasteiger charge is 2.46. The molecule has 0 saturated carbocycles. The number of nitrogens with zero attached hydrogens (tertiary/aromatic N) is 1. The van der Waals surface area contributed by atoms with E-state index in [1.54, 1.807) is 0 Å². The molecule has 0 spiro atoms. The molecule has 3 aromatic carbocycles. The van der Waals surface area contributed by atoms with Crippen LogP contribution in [-0.4, -0.2) is 16.8 Å². The Morgan fingerprint density at radius 1 is 0.903 bits per heavy atom. The topological polar surface area (TPSA) is 57.6 Å². The Hall–Kier alpha value is -3.73. The molecule has 1 fully saturated rings. The van der Waals surface area contributed by atoms with Crippen molar-refractivity contribution in [3.05, 3.63) is 107 Å². The van der Waals surface area contributed by atoms with Gasteiger partial charge in [0.25, 0.3) is 11.7 Å². The SMILES string of the molecule is CC(C)c1ccc(N2C(=O)C(=O)/C(=C(/O)c3ccc(F)cc3)C2c2ccccc2)cc1. The summed E-state index contributed by atoms with van der Waals surface area (Å²) in [5, 5.41) is 11.0. The third kappa shape index (κ3) is 3.75. The maximum Gasteiger partial charge on any atom is 0.300 e. The van der Waals surface area contributed by atoms with Crippen LogP contribution in [0.25, 0.3) is 5.76 Å². The molecule has 0 aromatic heterocycles. The Bertz CT molecular complexity index is 1150. The number of aliphatic hydroxyl groups is 1. The van der Waals surface area contributed by atoms with E-state index >= 15 is 0 Å². The minimum absolute atomic E-state index is 0.0178. The molecule has 0 radical (unpaired) electrons. The monoisotopic (exact) mass is 415 g/mol. The fourth-order valence-electron chi connectivity index (χ4n) is 3.83. The zero-order chi connectivity index (χ0) is 22.1. The second-order valence-electron chi connectivity index (χ2n) is 7.83. The van der Waals surface area contributed by atoms with Gasteiger partial charge in [-0.2, -0.15) is 0 Å². The fourth-order valence-corrected chi connectivity index (χ4v) is 3.83. The van der Waals surface area contributed by atoms with E-state index < -0.39 is 23.5 Å². The second-order valence-corrected chi connectivity index (χ2v) is 7.83. The van der Waals surface area contributed by atoms with Gasteiger partial charge < -0.3 is 5.11 Å². The van der Waals surface area contributed by atoms with E-state index in [2.05, 4.69) is 13.8 Å². The smallest absolute Gasteiger partial charge is 0.300 e. The molecular weight excluding hydrogens is 393 g/mol. The van der Waals surface area contributed by atoms with Gasteiger partial charge in [-0.25, -0.2) is 4.39 Å². The number of carbonyl (C=O) groups excluding carboxylic acids is 2. The van der Waals surface area contributed by atoms with Crippen molar-refractivity contribution < 1.29 is 19.1 Å². The summed E-state index contributed by atoms with van der Waals surface area (Å²) in [6.07, 6.45) is 0. The molecule has 0 bridgehead atoms. The Morgan fingerprint density at radius 3 is 2.10 bits per heavy atom. The highest BCUT2D eigenvalue weighted by molar-refractivity contribution is 6.51. The van der Waals surface area contributed by atoms with E-state index in [0.717, 1.165) is 5.56 Å². The van der Waals surface area contributed by atoms with Gasteiger partial charge in [0.2, 0.25) is 0 Å². The molecule has 1 atom stereocenters. The van der Waals surface area contributed by atoms with Gasteiger partial charge in [-0.3, -0.25) is 14.5 Å². The van der Waals surface area contributed by atoms with Crippen molar-refractivity contribution in [2.24, 2.45) is 0 Å². The van der Waals surface area contributed by atoms with Crippen LogP contribution in [0.3, 0.4) is 0 Å². The van der Waals surface area contributed by atoms with Crippen molar-refractivity contribution in [2.75, 3.05) is 4.90 Å². The summed E-state index contributed by atoms with van der Waals surface area (Å²) in [7, 11) is 0. The normalized spacial score (nSPS) is 18.1. The van der Waals surface area contributed by atoms with E-state index in [-0.39, 0.29) is 16.9 Å². The number of halogens is 1. The number of aliphatic hydroxyl groups excluding tert-OH is 1. The molecule has 4 nitrogen and oxygen atoms in total. The number of hydrogen-bond acceptors (Lipinski definition) is 3. The predicted octanol–water partition coefficient (Wildman–Crippen LogP) is 5.58. The van der Waals surface area contributed by atoms with Gasteiger partial charge in [-0.05, 0) is 53.4 Å². The Labute approximate surface area is 180 Å². The van der Waals surface area contributed by atoms with Gasteiger partial charge in [0.05, 0.1) is 11.6 Å². The maximum absolute atomic E-state index is 13.4. The van der Waals surface area contributed by atoms with Gasteiger partial charge in [0.1, 0.15) is 11.6 Å². The zero-order valence-electron chi connectivity index (χ0n) is 17.2. The molecule has 4 rings (SSSR count). The van der Waals surface area contributed by atoms with Crippen LogP contribution < -0.4 is 4.90 Å². The standard InChI is InChI=1S/C26H22FNO3/c1-16(2)17-10-14-21(15-11-17)28-23(18-6-4-3-5-7-18)22(25(30)26(28)31)24(29)19-8-12-20(27)13-9-19/h3-16,23,29H,1-2H3/b24-22+. The molecule has 0 aliphatic carbocycles. The van der Waals surface area contributed by atoms with Crippen molar-refractivity contribution in [3.8, 4) is 0 Å². The average molecular weight is 415 g/mol. The maximum atomic E-state index is 13.4. The highest BCUT2D eigenvalue weighted by atomic mass is 19.1. The van der Waals surface area contributed by atoms with Gasteiger partial charge in [-0.15, -0.1) is 0 Å². The molecule has 1 saturated heterocycles. The molecule has 1 aliphatic rings. The third-order valence-corrected chi connectivity index (χ3v) is 5.52. The average Bonchev–Trinajstić information content (AvgIpc) is 3.05. The number of Topliss-reactive ketones (excluding diaryl/α,β-unsaturated/α-hetero) is 1. The molecular formula is C26H22FNO3. The van der Waals surface area contributed by atoms with Crippen LogP contribution in [0.1, 0.15) is 42.5 Å². The largest absolute Gasteiger partial charge is 0.507 e. The van der Waals surface area contributed by atoms with Crippen molar-refractivity contribution in [2.45, 2.75) is 25.8 Å². The Morgan fingerprint density at radius 2 is 1.52 bits per heavy atom. The molecule has 3 aromatic rings. The Balaban J connectivity index is 1.89. The number of hydrogen-bond donors (Lipinski definition) is 1. The van der Waals surface area contributed by atoms with Crippen molar-refractivity contribution in [1.29, 1.82) is 0 Å². The van der Waals surface area contributed by atoms with E-state index in [1.807, 2.05) is 54.6 Å². The lowest BCUT2D eigenvalue weighted by atomic mass is 9.95. The second kappa shape index (κ2) is 8.19. The molecule has 1 unspecified atom stereocenters. The third-order valence-electron chi connectivity index (χ3n) is 5.52. The van der Waals surface area contributed by atoms with Crippen molar-refractivity contribution in [1.82, 2.24) is 0 Å². The van der Waals surface area contributed by atoms with Gasteiger partial charge >= 0.3 is 0 Å². The van der Waals surface area contributed by atoms with Crippen LogP contribution >= 0.6 is 0 Å². The molecule has 156 valence electrons. The lowest BCUT2D eigenvalue weighted by Gasteiger charge is -2.25. The summed E-state index contributed by atoms with van der Waals surface area (Å²) in [4.78, 5) is 27.5. The Kier molecular flexibility index (Phi) is 5.42. The number of carbonyl (C=O) groups is 2. The number of anilines is 1. The van der Waals surface area contributed by atoms with Crippen LogP contribution in [0.5, 0.6) is 0 Å². The first-order valence-electron chi connectivity index (χ1n) is 10.1. The van der Waals surface area contributed by atoms with E-state index in [1.165, 1.54) is 29.2 Å². The molecule has 1 N–H and O–H groups in total. The van der Waals surface area contributed by atoms with Gasteiger partial charge in [-0.1, -0.05) is 56.3 Å². The number of benzene rings is 3. The summed E-state index contributed by atoms with van der Waals surface area (Å²) < 4.78 is 13.4. The van der Waals surface area contributed by atoms with Crippen molar-refractivity contribution in [3.63, 3.8) is 0 Å². The highest BCUT2D eigenvalue weighted by Crippen LogP contribution is 2.42. The summed E-state index contributed by atoms with van der Waals surface area (Å²) in [6.45, 7) is 4.15. The van der Waals surface area contributed by atoms with Crippen LogP contribution in [0.2, 0.25) is 0 Å². The van der Waals surface area contributed by atoms with E-state index in [0.29, 0.717) is 17.2 Å². The molecule has 1 aliphatic heterocycles. The van der Waals surface area contributed by atoms with E-state index in [4.69, 9.17) is 0 Å². The summed E-state index contributed by atoms with van der Waals surface area (Å²) in [5.74, 6) is -1.94. The van der Waals surface area contributed by atoms with Crippen LogP contribution in [0.15, 0.2) is 84.4 Å². The molecule has 5 heteroatoms. The number of rotatable bonds is 4. The number of ketones is 1. The van der Waals surface area contributed by atoms with Crippen LogP contribution in [0.4, 0.5) is 10.1 Å². The predicted molar refractivity (Wildman–Crippen MR) is 118 cm³/mol. The summed E-state index contributed by atoms with van der Waals surface area (Å²) in [6, 6.07) is 21.0. The first-order valence-corrected chi connectivity index (χ1v) is 10.1.